The van der Waals surface area contributed by atoms with E-state index in [1.165, 1.54) is 25.7 Å². The van der Waals surface area contributed by atoms with Crippen molar-refractivity contribution in [1.82, 2.24) is 5.32 Å². The van der Waals surface area contributed by atoms with E-state index in [9.17, 15) is 8.78 Å². The Labute approximate surface area is 115 Å². The average molecular weight is 275 g/mol. The lowest BCUT2D eigenvalue weighted by Crippen LogP contribution is -2.64. The van der Waals surface area contributed by atoms with E-state index in [-0.39, 0.29) is 11.5 Å². The molecule has 2 atom stereocenters. The van der Waals surface area contributed by atoms with Gasteiger partial charge in [0.25, 0.3) is 6.43 Å². The third-order valence-electron chi connectivity index (χ3n) is 4.88. The molecule has 0 radical (unpaired) electrons. The molecule has 2 aliphatic rings. The van der Waals surface area contributed by atoms with Gasteiger partial charge in [0.05, 0.1) is 6.10 Å². The molecule has 0 aliphatic heterocycles. The van der Waals surface area contributed by atoms with Crippen molar-refractivity contribution < 1.29 is 13.5 Å². The van der Waals surface area contributed by atoms with E-state index in [1.54, 1.807) is 0 Å². The Morgan fingerprint density at radius 3 is 2.47 bits per heavy atom. The molecule has 19 heavy (non-hydrogen) atoms. The van der Waals surface area contributed by atoms with Gasteiger partial charge in [0.15, 0.2) is 0 Å². The van der Waals surface area contributed by atoms with Crippen molar-refractivity contribution in [2.45, 2.75) is 76.9 Å². The number of ether oxygens (including phenoxy) is 1. The van der Waals surface area contributed by atoms with E-state index < -0.39 is 13.0 Å². The molecule has 2 nitrogen and oxygen atoms in total. The monoisotopic (exact) mass is 275 g/mol. The molecule has 2 fully saturated rings. The smallest absolute Gasteiger partial charge is 0.261 e. The molecule has 0 aromatic heterocycles. The summed E-state index contributed by atoms with van der Waals surface area (Å²) < 4.78 is 30.2. The van der Waals surface area contributed by atoms with E-state index in [0.717, 1.165) is 32.2 Å². The molecular weight excluding hydrogens is 248 g/mol. The van der Waals surface area contributed by atoms with Gasteiger partial charge >= 0.3 is 0 Å². The maximum atomic E-state index is 12.4. The molecule has 2 aliphatic carbocycles. The standard InChI is InChI=1S/C15H27F2NO/c1-2-9-18-12-10-13(19-11-14(16)17)15(12)7-5-3-4-6-8-15/h12-14,18H,2-11H2,1H3. The summed E-state index contributed by atoms with van der Waals surface area (Å²) in [5.41, 5.74) is 0.139. The predicted octanol–water partition coefficient (Wildman–Crippen LogP) is 3.75. The highest BCUT2D eigenvalue weighted by atomic mass is 19.3. The first kappa shape index (κ1) is 15.2. The van der Waals surface area contributed by atoms with Crippen LogP contribution in [0.1, 0.15) is 58.3 Å². The van der Waals surface area contributed by atoms with Gasteiger partial charge in [-0.15, -0.1) is 0 Å². The van der Waals surface area contributed by atoms with Crippen molar-refractivity contribution in [3.8, 4) is 0 Å². The summed E-state index contributed by atoms with van der Waals surface area (Å²) in [5, 5.41) is 3.61. The van der Waals surface area contributed by atoms with E-state index in [4.69, 9.17) is 4.74 Å². The summed E-state index contributed by atoms with van der Waals surface area (Å²) in [6.07, 6.45) is 7.03. The molecule has 2 rings (SSSR count). The number of hydrogen-bond acceptors (Lipinski definition) is 2. The SMILES string of the molecule is CCCNC1CC(OCC(F)F)C12CCCCCC2. The Morgan fingerprint density at radius 1 is 1.21 bits per heavy atom. The van der Waals surface area contributed by atoms with Crippen LogP contribution in [-0.4, -0.2) is 31.7 Å². The zero-order chi connectivity index (χ0) is 13.7. The summed E-state index contributed by atoms with van der Waals surface area (Å²) >= 11 is 0. The van der Waals surface area contributed by atoms with Crippen LogP contribution in [0.15, 0.2) is 0 Å². The van der Waals surface area contributed by atoms with Crippen LogP contribution in [0.4, 0.5) is 8.78 Å². The van der Waals surface area contributed by atoms with Gasteiger partial charge in [-0.2, -0.15) is 0 Å². The fraction of sp³-hybridized carbons (Fsp3) is 1.00. The quantitative estimate of drug-likeness (QED) is 0.797. The fourth-order valence-electron chi connectivity index (χ4n) is 3.83. The third-order valence-corrected chi connectivity index (χ3v) is 4.88. The molecule has 0 heterocycles. The maximum Gasteiger partial charge on any atom is 0.261 e. The number of alkyl halides is 2. The van der Waals surface area contributed by atoms with Crippen molar-refractivity contribution in [2.24, 2.45) is 5.41 Å². The van der Waals surface area contributed by atoms with Gasteiger partial charge in [-0.1, -0.05) is 32.6 Å². The summed E-state index contributed by atoms with van der Waals surface area (Å²) in [6.45, 7) is 2.79. The normalized spacial score (nSPS) is 30.3. The first-order chi connectivity index (χ1) is 9.19. The Morgan fingerprint density at radius 2 is 1.89 bits per heavy atom. The summed E-state index contributed by atoms with van der Waals surface area (Å²) in [5.74, 6) is 0. The maximum absolute atomic E-state index is 12.4. The number of hydrogen-bond donors (Lipinski definition) is 1. The molecule has 2 saturated carbocycles. The molecule has 0 bridgehead atoms. The minimum Gasteiger partial charge on any atom is -0.372 e. The molecule has 112 valence electrons. The first-order valence-corrected chi connectivity index (χ1v) is 7.82. The van der Waals surface area contributed by atoms with Gasteiger partial charge in [-0.05, 0) is 32.2 Å². The van der Waals surface area contributed by atoms with E-state index in [1.807, 2.05) is 0 Å². The number of rotatable bonds is 6. The molecule has 1 N–H and O–H groups in total. The van der Waals surface area contributed by atoms with Crippen molar-refractivity contribution in [1.29, 1.82) is 0 Å². The Balaban J connectivity index is 1.95. The lowest BCUT2D eigenvalue weighted by atomic mass is 9.57. The van der Waals surface area contributed by atoms with Gasteiger partial charge in [0, 0.05) is 11.5 Å². The van der Waals surface area contributed by atoms with Crippen molar-refractivity contribution in [3.05, 3.63) is 0 Å². The second-order valence-corrected chi connectivity index (χ2v) is 6.10. The second-order valence-electron chi connectivity index (χ2n) is 6.10. The van der Waals surface area contributed by atoms with Gasteiger partial charge in [0.2, 0.25) is 0 Å². The lowest BCUT2D eigenvalue weighted by molar-refractivity contribution is -0.161. The highest BCUT2D eigenvalue weighted by Crippen LogP contribution is 2.52. The van der Waals surface area contributed by atoms with Crippen LogP contribution < -0.4 is 5.32 Å². The lowest BCUT2D eigenvalue weighted by Gasteiger charge is -2.56. The molecular formula is C15H27F2NO. The van der Waals surface area contributed by atoms with Gasteiger partial charge in [-0.3, -0.25) is 0 Å². The first-order valence-electron chi connectivity index (χ1n) is 7.82. The summed E-state index contributed by atoms with van der Waals surface area (Å²) in [4.78, 5) is 0. The van der Waals surface area contributed by atoms with E-state index in [2.05, 4.69) is 12.2 Å². The molecule has 4 heteroatoms. The van der Waals surface area contributed by atoms with Crippen LogP contribution >= 0.6 is 0 Å². The van der Waals surface area contributed by atoms with Crippen molar-refractivity contribution in [2.75, 3.05) is 13.2 Å². The largest absolute Gasteiger partial charge is 0.372 e. The van der Waals surface area contributed by atoms with Gasteiger partial charge < -0.3 is 10.1 Å². The molecule has 0 amide bonds. The third kappa shape index (κ3) is 3.46. The zero-order valence-corrected chi connectivity index (χ0v) is 12.0. The van der Waals surface area contributed by atoms with Crippen molar-refractivity contribution >= 4 is 0 Å². The summed E-state index contributed by atoms with van der Waals surface area (Å²) in [7, 11) is 0. The topological polar surface area (TPSA) is 21.3 Å². The van der Waals surface area contributed by atoms with Gasteiger partial charge in [0.1, 0.15) is 6.61 Å². The highest BCUT2D eigenvalue weighted by Gasteiger charge is 2.54. The van der Waals surface area contributed by atoms with Crippen LogP contribution in [0.5, 0.6) is 0 Å². The minimum atomic E-state index is -2.34. The van der Waals surface area contributed by atoms with E-state index in [0.29, 0.717) is 6.04 Å². The number of nitrogens with one attached hydrogen (secondary N) is 1. The highest BCUT2D eigenvalue weighted by molar-refractivity contribution is 5.08. The minimum absolute atomic E-state index is 0.0500. The van der Waals surface area contributed by atoms with Crippen LogP contribution in [0.3, 0.4) is 0 Å². The fourth-order valence-corrected chi connectivity index (χ4v) is 3.83. The molecule has 2 unspecified atom stereocenters. The van der Waals surface area contributed by atoms with Crippen LogP contribution in [-0.2, 0) is 4.74 Å². The van der Waals surface area contributed by atoms with Crippen LogP contribution in [0.25, 0.3) is 0 Å². The zero-order valence-electron chi connectivity index (χ0n) is 12.0. The Hall–Kier alpha value is -0.220. The Kier molecular flexibility index (Phi) is 5.58. The summed E-state index contributed by atoms with van der Waals surface area (Å²) in [6, 6.07) is 0.480. The van der Waals surface area contributed by atoms with Gasteiger partial charge in [-0.25, -0.2) is 8.78 Å². The second kappa shape index (κ2) is 6.98. The molecule has 0 saturated heterocycles. The number of halogens is 2. The van der Waals surface area contributed by atoms with E-state index >= 15 is 0 Å². The Bertz CT molecular complexity index is 265. The van der Waals surface area contributed by atoms with Crippen LogP contribution in [0, 0.1) is 5.41 Å². The van der Waals surface area contributed by atoms with Crippen molar-refractivity contribution in [3.63, 3.8) is 0 Å². The van der Waals surface area contributed by atoms with Crippen LogP contribution in [0.2, 0.25) is 0 Å². The molecule has 1 spiro atoms. The average Bonchev–Trinajstić information content (AvgIpc) is 2.64. The molecule has 0 aromatic rings. The molecule has 0 aromatic carbocycles. The predicted molar refractivity (Wildman–Crippen MR) is 72.6 cm³/mol.